The monoisotopic (exact) mass is 590 g/mol. The number of benzene rings is 2. The number of hydrogen-bond acceptors (Lipinski definition) is 9. The predicted molar refractivity (Wildman–Crippen MR) is 162 cm³/mol. The van der Waals surface area contributed by atoms with E-state index in [1.807, 2.05) is 55.5 Å². The number of carbonyl (C=O) groups is 2. The summed E-state index contributed by atoms with van der Waals surface area (Å²) < 4.78 is 7.75. The zero-order valence-corrected chi connectivity index (χ0v) is 24.2. The summed E-state index contributed by atoms with van der Waals surface area (Å²) in [4.78, 5) is 47.9. The highest BCUT2D eigenvalue weighted by atomic mass is 32.1. The number of aryl methyl sites for hydroxylation is 1. The highest BCUT2D eigenvalue weighted by Crippen LogP contribution is 2.27. The third-order valence-electron chi connectivity index (χ3n) is 7.27. The van der Waals surface area contributed by atoms with Gasteiger partial charge in [-0.15, -0.1) is 0 Å². The predicted octanol–water partition coefficient (Wildman–Crippen LogP) is 4.26. The standard InChI is InChI=1S/C30H34N6O5S/c1-20-17-36(18-23(15-26(37)38)32-30(40)41-19-22-7-3-2-4-8-22)29(39)34-27(20)35-13-11-21(12-14-35)16-31-28-33-24-9-5-6-10-25(24)42-28/h2-10,17,21,23H,11-16,18-19H2,1H3,(H,31,33)(H,32,40)(H,37,38)/t23-/m1/s1. The van der Waals surface area contributed by atoms with Gasteiger partial charge in [0.25, 0.3) is 0 Å². The maximum atomic E-state index is 13.0. The van der Waals surface area contributed by atoms with Gasteiger partial charge in [0.05, 0.1) is 22.7 Å². The molecule has 1 atom stereocenters. The first-order valence-electron chi connectivity index (χ1n) is 14.0. The molecule has 11 nitrogen and oxygen atoms in total. The van der Waals surface area contributed by atoms with Crippen molar-refractivity contribution in [2.45, 2.75) is 45.4 Å². The van der Waals surface area contributed by atoms with Crippen molar-refractivity contribution in [3.63, 3.8) is 0 Å². The Morgan fingerprint density at radius 3 is 2.57 bits per heavy atom. The van der Waals surface area contributed by atoms with E-state index in [0.29, 0.717) is 11.7 Å². The molecule has 0 bridgehead atoms. The largest absolute Gasteiger partial charge is 0.481 e. The number of fused-ring (bicyclic) bond motifs is 1. The van der Waals surface area contributed by atoms with Crippen LogP contribution in [0.4, 0.5) is 15.7 Å². The molecule has 1 aliphatic rings. The fourth-order valence-corrected chi connectivity index (χ4v) is 5.98. The first kappa shape index (κ1) is 29.1. The van der Waals surface area contributed by atoms with Crippen LogP contribution in [-0.2, 0) is 22.7 Å². The van der Waals surface area contributed by atoms with Gasteiger partial charge in [0, 0.05) is 37.9 Å². The molecular formula is C30H34N6O5S. The van der Waals surface area contributed by atoms with E-state index in [9.17, 15) is 19.5 Å². The summed E-state index contributed by atoms with van der Waals surface area (Å²) in [6, 6.07) is 16.4. The van der Waals surface area contributed by atoms with Crippen LogP contribution in [0.1, 0.15) is 30.4 Å². The normalized spacial score (nSPS) is 14.5. The zero-order valence-electron chi connectivity index (χ0n) is 23.4. The van der Waals surface area contributed by atoms with Gasteiger partial charge in [-0.3, -0.25) is 9.36 Å². The second-order valence-corrected chi connectivity index (χ2v) is 11.5. The third kappa shape index (κ3) is 7.64. The number of hydrogen-bond donors (Lipinski definition) is 3. The highest BCUT2D eigenvalue weighted by Gasteiger charge is 2.24. The molecule has 1 saturated heterocycles. The van der Waals surface area contributed by atoms with Crippen LogP contribution in [0.15, 0.2) is 65.6 Å². The van der Waals surface area contributed by atoms with Gasteiger partial charge >= 0.3 is 17.8 Å². The average molecular weight is 591 g/mol. The van der Waals surface area contributed by atoms with Crippen LogP contribution >= 0.6 is 11.3 Å². The number of nitrogens with one attached hydrogen (secondary N) is 2. The maximum absolute atomic E-state index is 13.0. The molecule has 2 aromatic carbocycles. The van der Waals surface area contributed by atoms with E-state index in [-0.39, 0.29) is 19.6 Å². The fourth-order valence-electron chi connectivity index (χ4n) is 5.11. The minimum absolute atomic E-state index is 0.0425. The van der Waals surface area contributed by atoms with Gasteiger partial charge < -0.3 is 25.4 Å². The van der Waals surface area contributed by atoms with E-state index in [0.717, 1.165) is 54.3 Å². The van der Waals surface area contributed by atoms with Crippen molar-refractivity contribution in [1.82, 2.24) is 19.9 Å². The number of nitrogens with zero attached hydrogens (tertiary/aromatic N) is 4. The molecule has 3 heterocycles. The van der Waals surface area contributed by atoms with Crippen molar-refractivity contribution >= 4 is 44.6 Å². The lowest BCUT2D eigenvalue weighted by molar-refractivity contribution is -0.137. The van der Waals surface area contributed by atoms with Gasteiger partial charge in [-0.25, -0.2) is 14.6 Å². The summed E-state index contributed by atoms with van der Waals surface area (Å²) in [5.41, 5.74) is 2.12. The topological polar surface area (TPSA) is 139 Å². The molecule has 1 amide bonds. The Labute approximate surface area is 247 Å². The zero-order chi connectivity index (χ0) is 29.5. The summed E-state index contributed by atoms with van der Waals surface area (Å²) in [5, 5.41) is 16.4. The van der Waals surface area contributed by atoms with E-state index < -0.39 is 23.8 Å². The van der Waals surface area contributed by atoms with Crippen molar-refractivity contribution in [1.29, 1.82) is 0 Å². The smallest absolute Gasteiger partial charge is 0.407 e. The third-order valence-corrected chi connectivity index (χ3v) is 8.27. The number of aliphatic carboxylic acids is 1. The quantitative estimate of drug-likeness (QED) is 0.234. The van der Waals surface area contributed by atoms with Crippen molar-refractivity contribution in [3.05, 3.63) is 82.4 Å². The number of amides is 1. The number of alkyl carbamates (subject to hydrolysis) is 1. The average Bonchev–Trinajstić information content (AvgIpc) is 3.40. The van der Waals surface area contributed by atoms with Gasteiger partial charge in [0.15, 0.2) is 5.13 Å². The summed E-state index contributed by atoms with van der Waals surface area (Å²) in [7, 11) is 0. The van der Waals surface area contributed by atoms with Gasteiger partial charge in [0.1, 0.15) is 12.4 Å². The minimum atomic E-state index is -1.10. The van der Waals surface area contributed by atoms with Crippen LogP contribution in [0.2, 0.25) is 0 Å². The molecule has 220 valence electrons. The maximum Gasteiger partial charge on any atom is 0.407 e. The molecule has 0 saturated carbocycles. The Balaban J connectivity index is 1.15. The van der Waals surface area contributed by atoms with Gasteiger partial charge in [-0.05, 0) is 43.4 Å². The van der Waals surface area contributed by atoms with Gasteiger partial charge in [-0.2, -0.15) is 4.98 Å². The number of para-hydroxylation sites is 1. The van der Waals surface area contributed by atoms with E-state index in [2.05, 4.69) is 31.6 Å². The molecule has 2 aromatic heterocycles. The number of carboxylic acids is 1. The lowest BCUT2D eigenvalue weighted by Gasteiger charge is -2.33. The number of rotatable bonds is 11. The number of anilines is 2. The number of thiazole rings is 1. The van der Waals surface area contributed by atoms with Crippen molar-refractivity contribution < 1.29 is 19.4 Å². The molecule has 1 aliphatic heterocycles. The summed E-state index contributed by atoms with van der Waals surface area (Å²) in [5.74, 6) is 0.0236. The molecule has 0 spiro atoms. The molecule has 12 heteroatoms. The van der Waals surface area contributed by atoms with Crippen LogP contribution < -0.4 is 21.2 Å². The minimum Gasteiger partial charge on any atom is -0.481 e. The molecule has 42 heavy (non-hydrogen) atoms. The number of carbonyl (C=O) groups excluding carboxylic acids is 1. The number of ether oxygens (including phenoxy) is 1. The highest BCUT2D eigenvalue weighted by molar-refractivity contribution is 7.22. The van der Waals surface area contributed by atoms with E-state index >= 15 is 0 Å². The Bertz CT molecular complexity index is 1550. The van der Waals surface area contributed by atoms with Crippen LogP contribution in [0.25, 0.3) is 10.2 Å². The van der Waals surface area contributed by atoms with E-state index in [1.165, 1.54) is 9.27 Å². The molecule has 0 unspecified atom stereocenters. The number of piperidine rings is 1. The van der Waals surface area contributed by atoms with Crippen molar-refractivity contribution in [3.8, 4) is 0 Å². The second-order valence-electron chi connectivity index (χ2n) is 10.5. The number of carboxylic acid groups (broad SMARTS) is 1. The van der Waals surface area contributed by atoms with Crippen LogP contribution in [0.3, 0.4) is 0 Å². The molecule has 5 rings (SSSR count). The van der Waals surface area contributed by atoms with Crippen LogP contribution in [0.5, 0.6) is 0 Å². The Morgan fingerprint density at radius 2 is 1.83 bits per heavy atom. The molecule has 0 aliphatic carbocycles. The molecular weight excluding hydrogens is 556 g/mol. The molecule has 0 radical (unpaired) electrons. The second kappa shape index (κ2) is 13.5. The van der Waals surface area contributed by atoms with Crippen LogP contribution in [-0.4, -0.2) is 57.4 Å². The molecule has 1 fully saturated rings. The van der Waals surface area contributed by atoms with Gasteiger partial charge in [-0.1, -0.05) is 53.8 Å². The fraction of sp³-hybridized carbons (Fsp3) is 0.367. The van der Waals surface area contributed by atoms with E-state index in [1.54, 1.807) is 17.5 Å². The van der Waals surface area contributed by atoms with E-state index in [4.69, 9.17) is 4.74 Å². The first-order chi connectivity index (χ1) is 20.3. The van der Waals surface area contributed by atoms with Crippen LogP contribution in [0, 0.1) is 12.8 Å². The Kier molecular flexibility index (Phi) is 9.32. The summed E-state index contributed by atoms with van der Waals surface area (Å²) in [6.45, 7) is 4.29. The first-order valence-corrected chi connectivity index (χ1v) is 14.8. The summed E-state index contributed by atoms with van der Waals surface area (Å²) >= 11 is 1.66. The van der Waals surface area contributed by atoms with Gasteiger partial charge in [0.2, 0.25) is 0 Å². The Hall–Kier alpha value is -4.45. The van der Waals surface area contributed by atoms with Crippen molar-refractivity contribution in [2.24, 2.45) is 5.92 Å². The molecule has 3 N–H and O–H groups in total. The Morgan fingerprint density at radius 1 is 1.10 bits per heavy atom. The molecule has 4 aromatic rings. The lowest BCUT2D eigenvalue weighted by Crippen LogP contribution is -2.43. The number of aromatic nitrogens is 3. The SMILES string of the molecule is Cc1cn(C[C@@H](CC(=O)O)NC(=O)OCc2ccccc2)c(=O)nc1N1CCC(CNc2nc3ccccc3s2)CC1. The lowest BCUT2D eigenvalue weighted by atomic mass is 9.96. The summed E-state index contributed by atoms with van der Waals surface area (Å²) in [6.07, 6.45) is 2.47. The van der Waals surface area contributed by atoms with Crippen molar-refractivity contribution in [2.75, 3.05) is 29.9 Å².